The van der Waals surface area contributed by atoms with E-state index in [1.165, 1.54) is 4.90 Å². The van der Waals surface area contributed by atoms with Crippen LogP contribution in [0.1, 0.15) is 20.8 Å². The van der Waals surface area contributed by atoms with Crippen molar-refractivity contribution in [2.45, 2.75) is 32.5 Å². The van der Waals surface area contributed by atoms with Gasteiger partial charge in [-0.15, -0.1) is 0 Å². The molecule has 0 aromatic heterocycles. The number of ether oxygens (including phenoxy) is 1. The van der Waals surface area contributed by atoms with Crippen LogP contribution < -0.4 is 0 Å². The molecule has 0 spiro atoms. The molecule has 92 valence electrons. The highest BCUT2D eigenvalue weighted by Gasteiger charge is 2.41. The van der Waals surface area contributed by atoms with Gasteiger partial charge in [-0.2, -0.15) is 0 Å². The zero-order chi connectivity index (χ0) is 12.5. The predicted molar refractivity (Wildman–Crippen MR) is 53.8 cm³/mol. The number of likely N-dealkylation sites (tertiary alicyclic amines) is 1. The first kappa shape index (κ1) is 12.7. The number of carbonyl (C=O) groups excluding carboxylic acids is 1. The quantitative estimate of drug-likeness (QED) is 0.780. The van der Waals surface area contributed by atoms with Crippen molar-refractivity contribution in [3.8, 4) is 0 Å². The predicted octanol–water partition coefficient (Wildman–Crippen LogP) is 1.28. The van der Waals surface area contributed by atoms with Gasteiger partial charge in [0, 0.05) is 19.0 Å². The van der Waals surface area contributed by atoms with Crippen LogP contribution in [-0.2, 0) is 9.53 Å². The second-order valence-electron chi connectivity index (χ2n) is 4.89. The van der Waals surface area contributed by atoms with Gasteiger partial charge in [-0.1, -0.05) is 0 Å². The maximum absolute atomic E-state index is 13.0. The minimum atomic E-state index is -1.90. The van der Waals surface area contributed by atoms with E-state index in [1.807, 2.05) is 0 Å². The summed E-state index contributed by atoms with van der Waals surface area (Å²) in [5.74, 6) is -2.10. The second kappa shape index (κ2) is 4.27. The van der Waals surface area contributed by atoms with Gasteiger partial charge in [-0.25, -0.2) is 14.0 Å². The van der Waals surface area contributed by atoms with Gasteiger partial charge in [0.15, 0.2) is 0 Å². The van der Waals surface area contributed by atoms with Crippen molar-refractivity contribution in [2.24, 2.45) is 5.92 Å². The Bertz CT molecular complexity index is 294. The molecule has 1 saturated heterocycles. The van der Waals surface area contributed by atoms with Gasteiger partial charge in [0.05, 0.1) is 0 Å². The Hall–Kier alpha value is -1.33. The lowest BCUT2D eigenvalue weighted by atomic mass is 9.95. The van der Waals surface area contributed by atoms with E-state index in [-0.39, 0.29) is 13.1 Å². The molecule has 0 radical (unpaired) electrons. The van der Waals surface area contributed by atoms with Crippen LogP contribution in [0.25, 0.3) is 0 Å². The highest BCUT2D eigenvalue weighted by atomic mass is 19.1. The van der Waals surface area contributed by atoms with Crippen LogP contribution in [-0.4, -0.2) is 46.9 Å². The molecule has 0 bridgehead atoms. The monoisotopic (exact) mass is 233 g/mol. The van der Waals surface area contributed by atoms with Crippen molar-refractivity contribution in [3.05, 3.63) is 0 Å². The van der Waals surface area contributed by atoms with Gasteiger partial charge in [0.2, 0.25) is 6.17 Å². The summed E-state index contributed by atoms with van der Waals surface area (Å²) < 4.78 is 18.0. The lowest BCUT2D eigenvalue weighted by Gasteiger charge is -2.40. The summed E-state index contributed by atoms with van der Waals surface area (Å²) in [6.45, 7) is 5.40. The van der Waals surface area contributed by atoms with Crippen LogP contribution in [0.3, 0.4) is 0 Å². The van der Waals surface area contributed by atoms with Crippen LogP contribution in [0.2, 0.25) is 0 Å². The molecule has 0 aliphatic carbocycles. The van der Waals surface area contributed by atoms with Gasteiger partial charge in [-0.3, -0.25) is 0 Å². The molecule has 1 amide bonds. The zero-order valence-electron chi connectivity index (χ0n) is 9.57. The van der Waals surface area contributed by atoms with E-state index in [2.05, 4.69) is 0 Å². The van der Waals surface area contributed by atoms with E-state index >= 15 is 0 Å². The summed E-state index contributed by atoms with van der Waals surface area (Å²) in [7, 11) is 0. The molecule has 0 aromatic carbocycles. The van der Waals surface area contributed by atoms with Crippen molar-refractivity contribution in [1.29, 1.82) is 0 Å². The molecule has 0 unspecified atom stereocenters. The summed E-state index contributed by atoms with van der Waals surface area (Å²) in [4.78, 5) is 23.0. The Morgan fingerprint density at radius 1 is 1.44 bits per heavy atom. The average molecular weight is 233 g/mol. The Labute approximate surface area is 93.2 Å². The Kier molecular flexibility index (Phi) is 3.40. The molecule has 1 atom stereocenters. The minimum Gasteiger partial charge on any atom is -0.479 e. The van der Waals surface area contributed by atoms with Crippen molar-refractivity contribution < 1.29 is 23.8 Å². The fourth-order valence-corrected chi connectivity index (χ4v) is 1.37. The van der Waals surface area contributed by atoms with Crippen LogP contribution >= 0.6 is 0 Å². The lowest BCUT2D eigenvalue weighted by Crippen LogP contribution is -2.55. The number of carboxylic acid groups (broad SMARTS) is 1. The van der Waals surface area contributed by atoms with Gasteiger partial charge in [0.25, 0.3) is 0 Å². The summed E-state index contributed by atoms with van der Waals surface area (Å²) in [6.07, 6.45) is -2.43. The fraction of sp³-hybridized carbons (Fsp3) is 0.800. The van der Waals surface area contributed by atoms with Gasteiger partial charge >= 0.3 is 12.1 Å². The molecule has 5 nitrogen and oxygen atoms in total. The zero-order valence-corrected chi connectivity index (χ0v) is 9.57. The topological polar surface area (TPSA) is 66.8 Å². The summed E-state index contributed by atoms with van der Waals surface area (Å²) >= 11 is 0. The van der Waals surface area contributed by atoms with Crippen LogP contribution in [0.5, 0.6) is 0 Å². The summed E-state index contributed by atoms with van der Waals surface area (Å²) in [6, 6.07) is 0. The molecule has 16 heavy (non-hydrogen) atoms. The van der Waals surface area contributed by atoms with E-state index in [0.717, 1.165) is 0 Å². The van der Waals surface area contributed by atoms with E-state index in [1.54, 1.807) is 20.8 Å². The van der Waals surface area contributed by atoms with Gasteiger partial charge in [-0.05, 0) is 20.8 Å². The van der Waals surface area contributed by atoms with Gasteiger partial charge < -0.3 is 14.7 Å². The number of nitrogens with zero attached hydrogens (tertiary/aromatic N) is 1. The largest absolute Gasteiger partial charge is 0.479 e. The van der Waals surface area contributed by atoms with Crippen LogP contribution in [0, 0.1) is 5.92 Å². The number of halogens is 1. The molecule has 1 heterocycles. The highest BCUT2D eigenvalue weighted by molar-refractivity contribution is 5.74. The number of amides is 1. The molecule has 0 saturated carbocycles. The van der Waals surface area contributed by atoms with Crippen molar-refractivity contribution >= 4 is 12.1 Å². The van der Waals surface area contributed by atoms with Crippen molar-refractivity contribution in [3.63, 3.8) is 0 Å². The number of alkyl halides is 1. The third-order valence-corrected chi connectivity index (χ3v) is 2.21. The maximum Gasteiger partial charge on any atom is 0.410 e. The van der Waals surface area contributed by atoms with Crippen molar-refractivity contribution in [2.75, 3.05) is 13.1 Å². The second-order valence-corrected chi connectivity index (χ2v) is 4.89. The Morgan fingerprint density at radius 2 is 1.94 bits per heavy atom. The molecule has 1 aliphatic heterocycles. The fourth-order valence-electron chi connectivity index (χ4n) is 1.37. The van der Waals surface area contributed by atoms with Gasteiger partial charge in [0.1, 0.15) is 5.60 Å². The lowest BCUT2D eigenvalue weighted by molar-refractivity contribution is -0.147. The maximum atomic E-state index is 13.0. The number of carboxylic acids is 1. The molecule has 1 N–H and O–H groups in total. The molecule has 1 rings (SSSR count). The first-order valence-corrected chi connectivity index (χ1v) is 5.05. The molecular formula is C10H16FNO4. The van der Waals surface area contributed by atoms with E-state index in [0.29, 0.717) is 0 Å². The minimum absolute atomic E-state index is 0.0996. The molecule has 6 heteroatoms. The number of carbonyl (C=O) groups is 2. The van der Waals surface area contributed by atoms with Crippen molar-refractivity contribution in [1.82, 2.24) is 4.90 Å². The normalized spacial score (nSPS) is 18.9. The first-order chi connectivity index (χ1) is 7.20. The van der Waals surface area contributed by atoms with E-state index < -0.39 is 29.8 Å². The number of hydrogen-bond acceptors (Lipinski definition) is 3. The highest BCUT2D eigenvalue weighted by Crippen LogP contribution is 2.23. The smallest absolute Gasteiger partial charge is 0.410 e. The first-order valence-electron chi connectivity index (χ1n) is 5.05. The third-order valence-electron chi connectivity index (χ3n) is 2.21. The Morgan fingerprint density at radius 3 is 2.31 bits per heavy atom. The number of hydrogen-bond donors (Lipinski definition) is 1. The Balaban J connectivity index is 2.36. The van der Waals surface area contributed by atoms with Crippen LogP contribution in [0.4, 0.5) is 9.18 Å². The third kappa shape index (κ3) is 3.08. The number of aliphatic carboxylic acids is 1. The SMILES string of the molecule is CC(C)(C)OC(=O)N1CC([C@@H](F)C(=O)O)C1. The summed E-state index contributed by atoms with van der Waals surface area (Å²) in [5.41, 5.74) is -0.593. The average Bonchev–Trinajstić information content (AvgIpc) is 1.96. The van der Waals surface area contributed by atoms with Crippen LogP contribution in [0.15, 0.2) is 0 Å². The standard InChI is InChI=1S/C10H16FNO4/c1-10(2,3)16-9(15)12-4-6(5-12)7(11)8(13)14/h6-7H,4-5H2,1-3H3,(H,13,14)/t7-/m1/s1. The summed E-state index contributed by atoms with van der Waals surface area (Å²) in [5, 5.41) is 8.42. The number of rotatable bonds is 2. The molecular weight excluding hydrogens is 217 g/mol. The molecule has 0 aromatic rings. The molecule has 1 aliphatic rings. The van der Waals surface area contributed by atoms with E-state index in [4.69, 9.17) is 9.84 Å². The molecule has 1 fully saturated rings. The van der Waals surface area contributed by atoms with E-state index in [9.17, 15) is 14.0 Å².